The van der Waals surface area contributed by atoms with Gasteiger partial charge < -0.3 is 9.52 Å². The molecule has 16 heavy (non-hydrogen) atoms. The van der Waals surface area contributed by atoms with Gasteiger partial charge in [-0.3, -0.25) is 10.1 Å². The molecule has 0 saturated carbocycles. The van der Waals surface area contributed by atoms with Gasteiger partial charge in [0.15, 0.2) is 0 Å². The minimum atomic E-state index is -1.21. The Balaban J connectivity index is 2.94. The quantitative estimate of drug-likeness (QED) is 0.468. The van der Waals surface area contributed by atoms with Gasteiger partial charge in [-0.2, -0.15) is 0 Å². The summed E-state index contributed by atoms with van der Waals surface area (Å²) in [7, 11) is 0. The van der Waals surface area contributed by atoms with E-state index in [-0.39, 0.29) is 11.0 Å². The van der Waals surface area contributed by atoms with E-state index in [0.717, 1.165) is 0 Å². The van der Waals surface area contributed by atoms with Gasteiger partial charge in [-0.25, -0.2) is 4.79 Å². The van der Waals surface area contributed by atoms with Crippen LogP contribution in [0.1, 0.15) is 0 Å². The zero-order valence-corrected chi connectivity index (χ0v) is 8.39. The first-order chi connectivity index (χ1) is 7.50. The molecule has 1 heterocycles. The molecular formula is C9H4ClNO5. The fourth-order valence-electron chi connectivity index (χ4n) is 1.31. The van der Waals surface area contributed by atoms with Crippen molar-refractivity contribution in [1.29, 1.82) is 0 Å². The molecule has 82 valence electrons. The zero-order chi connectivity index (χ0) is 11.9. The van der Waals surface area contributed by atoms with Crippen LogP contribution in [0.5, 0.6) is 5.75 Å². The first-order valence-corrected chi connectivity index (χ1v) is 4.48. The Labute approximate surface area is 92.8 Å². The van der Waals surface area contributed by atoms with Crippen molar-refractivity contribution < 1.29 is 14.4 Å². The van der Waals surface area contributed by atoms with E-state index >= 15 is 0 Å². The molecular weight excluding hydrogens is 238 g/mol. The van der Waals surface area contributed by atoms with Gasteiger partial charge in [0.1, 0.15) is 5.58 Å². The number of nitrogens with zero attached hydrogens (tertiary/aromatic N) is 1. The van der Waals surface area contributed by atoms with Gasteiger partial charge in [0.2, 0.25) is 5.75 Å². The Kier molecular flexibility index (Phi) is 2.28. The fourth-order valence-corrected chi connectivity index (χ4v) is 1.47. The zero-order valence-electron chi connectivity index (χ0n) is 7.64. The number of aromatic hydroxyl groups is 1. The number of benzene rings is 1. The SMILES string of the molecule is O=c1oc2cc(Cl)ccc2c(O)c1[N+](=O)[O-]. The maximum absolute atomic E-state index is 11.2. The van der Waals surface area contributed by atoms with E-state index in [0.29, 0.717) is 5.02 Å². The van der Waals surface area contributed by atoms with E-state index in [1.165, 1.54) is 18.2 Å². The normalized spacial score (nSPS) is 10.6. The van der Waals surface area contributed by atoms with Crippen LogP contribution >= 0.6 is 11.6 Å². The maximum Gasteiger partial charge on any atom is 0.419 e. The summed E-state index contributed by atoms with van der Waals surface area (Å²) in [6.07, 6.45) is 0. The molecule has 6 nitrogen and oxygen atoms in total. The van der Waals surface area contributed by atoms with Gasteiger partial charge in [0, 0.05) is 11.1 Å². The van der Waals surface area contributed by atoms with Gasteiger partial charge in [-0.15, -0.1) is 0 Å². The third-order valence-corrected chi connectivity index (χ3v) is 2.24. The van der Waals surface area contributed by atoms with Gasteiger partial charge in [-0.1, -0.05) is 11.6 Å². The van der Waals surface area contributed by atoms with Gasteiger partial charge in [-0.05, 0) is 12.1 Å². The Morgan fingerprint density at radius 1 is 1.44 bits per heavy atom. The molecule has 2 rings (SSSR count). The van der Waals surface area contributed by atoms with E-state index in [2.05, 4.69) is 4.42 Å². The van der Waals surface area contributed by atoms with E-state index in [1.54, 1.807) is 0 Å². The fraction of sp³-hybridized carbons (Fsp3) is 0. The van der Waals surface area contributed by atoms with Crippen molar-refractivity contribution in [3.05, 3.63) is 43.8 Å². The molecule has 1 N–H and O–H groups in total. The summed E-state index contributed by atoms with van der Waals surface area (Å²) in [5, 5.41) is 20.4. The van der Waals surface area contributed by atoms with Crippen LogP contribution < -0.4 is 5.63 Å². The van der Waals surface area contributed by atoms with Gasteiger partial charge in [0.25, 0.3) is 0 Å². The second-order valence-electron chi connectivity index (χ2n) is 2.98. The number of rotatable bonds is 1. The molecule has 0 aliphatic carbocycles. The molecule has 0 aliphatic heterocycles. The van der Waals surface area contributed by atoms with Crippen LogP contribution in [0.2, 0.25) is 5.02 Å². The average Bonchev–Trinajstić information content (AvgIpc) is 2.15. The number of hydrogen-bond donors (Lipinski definition) is 1. The van der Waals surface area contributed by atoms with Crippen LogP contribution in [0.25, 0.3) is 11.0 Å². The number of fused-ring (bicyclic) bond motifs is 1. The Bertz CT molecular complexity index is 648. The molecule has 0 amide bonds. The first kappa shape index (κ1) is 10.4. The van der Waals surface area contributed by atoms with Crippen molar-refractivity contribution in [2.45, 2.75) is 0 Å². The van der Waals surface area contributed by atoms with Crippen LogP contribution in [0.3, 0.4) is 0 Å². The van der Waals surface area contributed by atoms with Crippen LogP contribution in [0.4, 0.5) is 5.69 Å². The topological polar surface area (TPSA) is 93.6 Å². The second-order valence-corrected chi connectivity index (χ2v) is 3.42. The van der Waals surface area contributed by atoms with Gasteiger partial charge in [0.05, 0.1) is 10.3 Å². The second kappa shape index (κ2) is 3.49. The Morgan fingerprint density at radius 3 is 2.75 bits per heavy atom. The van der Waals surface area contributed by atoms with E-state index in [4.69, 9.17) is 11.6 Å². The molecule has 0 atom stereocenters. The molecule has 0 saturated heterocycles. The third kappa shape index (κ3) is 1.49. The number of hydrogen-bond acceptors (Lipinski definition) is 5. The van der Waals surface area contributed by atoms with Gasteiger partial charge >= 0.3 is 11.3 Å². The molecule has 0 fully saturated rings. The molecule has 1 aromatic heterocycles. The van der Waals surface area contributed by atoms with E-state index in [9.17, 15) is 20.0 Å². The predicted molar refractivity (Wildman–Crippen MR) is 55.8 cm³/mol. The van der Waals surface area contributed by atoms with Crippen LogP contribution in [-0.2, 0) is 0 Å². The van der Waals surface area contributed by atoms with E-state index < -0.39 is 22.0 Å². The standard InChI is InChI=1S/C9H4ClNO5/c10-4-1-2-5-6(3-4)16-9(13)7(8(5)12)11(14)15/h1-3,12H. The van der Waals surface area contributed by atoms with Crippen LogP contribution in [0, 0.1) is 10.1 Å². The average molecular weight is 242 g/mol. The summed E-state index contributed by atoms with van der Waals surface area (Å²) in [6.45, 7) is 0. The van der Waals surface area contributed by atoms with Crippen molar-refractivity contribution in [2.24, 2.45) is 0 Å². The summed E-state index contributed by atoms with van der Waals surface area (Å²) < 4.78 is 4.67. The lowest BCUT2D eigenvalue weighted by molar-refractivity contribution is -0.388. The summed E-state index contributed by atoms with van der Waals surface area (Å²) in [4.78, 5) is 20.7. The largest absolute Gasteiger partial charge is 0.501 e. The Hall–Kier alpha value is -2.08. The lowest BCUT2D eigenvalue weighted by Crippen LogP contribution is -2.06. The predicted octanol–water partition coefficient (Wildman–Crippen LogP) is 2.06. The first-order valence-electron chi connectivity index (χ1n) is 4.10. The minimum Gasteiger partial charge on any atom is -0.501 e. The molecule has 1 aromatic carbocycles. The maximum atomic E-state index is 11.2. The van der Waals surface area contributed by atoms with Crippen molar-refractivity contribution in [3.63, 3.8) is 0 Å². The molecule has 7 heteroatoms. The summed E-state index contributed by atoms with van der Waals surface area (Å²) in [5.41, 5.74) is -2.19. The van der Waals surface area contributed by atoms with Crippen molar-refractivity contribution in [2.75, 3.05) is 0 Å². The molecule has 0 spiro atoms. The Morgan fingerprint density at radius 2 is 2.12 bits per heavy atom. The van der Waals surface area contributed by atoms with E-state index in [1.807, 2.05) is 0 Å². The highest BCUT2D eigenvalue weighted by Gasteiger charge is 2.24. The van der Waals surface area contributed by atoms with Crippen molar-refractivity contribution in [1.82, 2.24) is 0 Å². The molecule has 2 aromatic rings. The minimum absolute atomic E-state index is 0.000556. The van der Waals surface area contributed by atoms with Crippen molar-refractivity contribution >= 4 is 28.3 Å². The summed E-state index contributed by atoms with van der Waals surface area (Å²) in [6, 6.07) is 4.05. The number of nitro groups is 1. The van der Waals surface area contributed by atoms with Crippen LogP contribution in [-0.4, -0.2) is 10.0 Å². The molecule has 0 unspecified atom stereocenters. The summed E-state index contributed by atoms with van der Waals surface area (Å²) >= 11 is 5.65. The monoisotopic (exact) mass is 241 g/mol. The van der Waals surface area contributed by atoms with Crippen LogP contribution in [0.15, 0.2) is 27.4 Å². The summed E-state index contributed by atoms with van der Waals surface area (Å²) in [5.74, 6) is -0.715. The highest BCUT2D eigenvalue weighted by Crippen LogP contribution is 2.31. The third-order valence-electron chi connectivity index (χ3n) is 2.00. The number of halogens is 1. The smallest absolute Gasteiger partial charge is 0.419 e. The molecule has 0 radical (unpaired) electrons. The highest BCUT2D eigenvalue weighted by molar-refractivity contribution is 6.31. The lowest BCUT2D eigenvalue weighted by Gasteiger charge is -2.00. The highest BCUT2D eigenvalue weighted by atomic mass is 35.5. The lowest BCUT2D eigenvalue weighted by atomic mass is 10.2. The van der Waals surface area contributed by atoms with Crippen molar-refractivity contribution in [3.8, 4) is 5.75 Å². The molecule has 0 bridgehead atoms. The molecule has 0 aliphatic rings.